The molecule has 0 radical (unpaired) electrons. The van der Waals surface area contributed by atoms with Gasteiger partial charge in [0.2, 0.25) is 0 Å². The fourth-order valence-corrected chi connectivity index (χ4v) is 5.25. The summed E-state index contributed by atoms with van der Waals surface area (Å²) in [7, 11) is 0. The smallest absolute Gasteiger partial charge is 0.416 e. The number of hydrogen-bond donors (Lipinski definition) is 1. The first-order chi connectivity index (χ1) is 22.0. The van der Waals surface area contributed by atoms with Crippen LogP contribution in [0.4, 0.5) is 13.2 Å². The number of rotatable bonds is 13. The first-order valence-electron chi connectivity index (χ1n) is 15.0. The van der Waals surface area contributed by atoms with Crippen molar-refractivity contribution in [3.63, 3.8) is 0 Å². The fourth-order valence-electron chi connectivity index (χ4n) is 5.25. The SMILES string of the molecule is CC1=C(C(=O)OC(C)COCc2ccccc2)C(c2ccccc2C(F)(F)F)C(C(=O)OC(C)COCc2ccccc2)=C(C)N1. The second-order valence-electron chi connectivity index (χ2n) is 11.2. The number of benzene rings is 3. The molecule has 4 rings (SSSR count). The molecule has 0 saturated heterocycles. The maximum Gasteiger partial charge on any atom is 0.416 e. The van der Waals surface area contributed by atoms with Gasteiger partial charge in [0.1, 0.15) is 12.2 Å². The molecule has 3 aromatic rings. The monoisotopic (exact) mass is 637 g/mol. The lowest BCUT2D eigenvalue weighted by atomic mass is 9.78. The summed E-state index contributed by atoms with van der Waals surface area (Å²) in [5.74, 6) is -3.17. The number of alkyl halides is 3. The number of halogens is 3. The summed E-state index contributed by atoms with van der Waals surface area (Å²) in [4.78, 5) is 27.4. The minimum absolute atomic E-state index is 0.0501. The van der Waals surface area contributed by atoms with Crippen molar-refractivity contribution in [3.05, 3.63) is 130 Å². The third-order valence-corrected chi connectivity index (χ3v) is 7.32. The van der Waals surface area contributed by atoms with Crippen LogP contribution in [-0.2, 0) is 47.9 Å². The minimum atomic E-state index is -4.76. The number of carbonyl (C=O) groups is 2. The molecule has 3 aromatic carbocycles. The standard InChI is InChI=1S/C36H38F3NO6/c1-23(19-43-21-27-13-7-5-8-14-27)45-34(41)31-25(3)40-26(4)32(33(31)29-17-11-12-18-30(29)36(37,38)39)35(42)46-24(2)20-44-22-28-15-9-6-10-16-28/h5-18,23-24,33,40H,19-22H2,1-4H3. The van der Waals surface area contributed by atoms with Crippen LogP contribution in [0.25, 0.3) is 0 Å². The van der Waals surface area contributed by atoms with Gasteiger partial charge < -0.3 is 24.3 Å². The summed E-state index contributed by atoms with van der Waals surface area (Å²) in [6.07, 6.45) is -6.23. The number of carbonyl (C=O) groups excluding carboxylic acids is 2. The van der Waals surface area contributed by atoms with Crippen molar-refractivity contribution in [2.24, 2.45) is 0 Å². The molecule has 0 amide bonds. The van der Waals surface area contributed by atoms with E-state index in [2.05, 4.69) is 5.32 Å². The van der Waals surface area contributed by atoms with Crippen LogP contribution in [-0.4, -0.2) is 37.4 Å². The van der Waals surface area contributed by atoms with Crippen LogP contribution < -0.4 is 5.32 Å². The van der Waals surface area contributed by atoms with Gasteiger partial charge in [-0.15, -0.1) is 0 Å². The summed E-state index contributed by atoms with van der Waals surface area (Å²) in [6, 6.07) is 23.7. The normalized spacial score (nSPS) is 16.5. The Morgan fingerprint density at radius 3 is 1.54 bits per heavy atom. The van der Waals surface area contributed by atoms with E-state index in [4.69, 9.17) is 18.9 Å². The lowest BCUT2D eigenvalue weighted by Gasteiger charge is -2.32. The van der Waals surface area contributed by atoms with Crippen molar-refractivity contribution in [2.75, 3.05) is 13.2 Å². The molecule has 1 aliphatic heterocycles. The third kappa shape index (κ3) is 9.08. The van der Waals surface area contributed by atoms with Crippen LogP contribution in [0.15, 0.2) is 107 Å². The molecule has 2 unspecified atom stereocenters. The maximum atomic E-state index is 14.3. The van der Waals surface area contributed by atoms with E-state index in [1.54, 1.807) is 27.7 Å². The number of hydrogen-bond acceptors (Lipinski definition) is 7. The van der Waals surface area contributed by atoms with Crippen LogP contribution in [0.2, 0.25) is 0 Å². The van der Waals surface area contributed by atoms with Crippen molar-refractivity contribution >= 4 is 11.9 Å². The van der Waals surface area contributed by atoms with E-state index in [0.29, 0.717) is 13.2 Å². The van der Waals surface area contributed by atoms with Crippen molar-refractivity contribution in [2.45, 2.75) is 65.2 Å². The molecule has 0 aliphatic carbocycles. The van der Waals surface area contributed by atoms with Gasteiger partial charge in [-0.3, -0.25) is 0 Å². The van der Waals surface area contributed by atoms with Gasteiger partial charge in [-0.1, -0.05) is 78.9 Å². The Morgan fingerprint density at radius 2 is 1.11 bits per heavy atom. The molecule has 1 N–H and O–H groups in total. The Labute approximate surface area is 267 Å². The van der Waals surface area contributed by atoms with Crippen molar-refractivity contribution < 1.29 is 41.7 Å². The highest BCUT2D eigenvalue weighted by Crippen LogP contribution is 2.44. The van der Waals surface area contributed by atoms with Gasteiger partial charge in [0, 0.05) is 11.4 Å². The summed E-state index contributed by atoms with van der Waals surface area (Å²) < 4.78 is 65.7. The lowest BCUT2D eigenvalue weighted by molar-refractivity contribution is -0.148. The lowest BCUT2D eigenvalue weighted by Crippen LogP contribution is -2.35. The van der Waals surface area contributed by atoms with E-state index in [0.717, 1.165) is 17.2 Å². The van der Waals surface area contributed by atoms with Crippen molar-refractivity contribution in [1.29, 1.82) is 0 Å². The number of allylic oxidation sites excluding steroid dienone is 2. The van der Waals surface area contributed by atoms with E-state index in [1.165, 1.54) is 18.2 Å². The molecule has 0 fully saturated rings. The highest BCUT2D eigenvalue weighted by atomic mass is 19.4. The van der Waals surface area contributed by atoms with Gasteiger partial charge >= 0.3 is 18.1 Å². The zero-order chi connectivity index (χ0) is 33.3. The van der Waals surface area contributed by atoms with Gasteiger partial charge in [-0.25, -0.2) is 9.59 Å². The molecule has 0 bridgehead atoms. The number of esters is 2. The second-order valence-corrected chi connectivity index (χ2v) is 11.2. The zero-order valence-electron chi connectivity index (χ0n) is 26.2. The molecule has 1 aliphatic rings. The van der Waals surface area contributed by atoms with E-state index in [1.807, 2.05) is 60.7 Å². The molecule has 10 heteroatoms. The predicted octanol–water partition coefficient (Wildman–Crippen LogP) is 7.24. The van der Waals surface area contributed by atoms with Crippen LogP contribution >= 0.6 is 0 Å². The quantitative estimate of drug-likeness (QED) is 0.198. The summed E-state index contributed by atoms with van der Waals surface area (Å²) >= 11 is 0. The largest absolute Gasteiger partial charge is 0.457 e. The average molecular weight is 638 g/mol. The molecule has 0 aromatic heterocycles. The van der Waals surface area contributed by atoms with E-state index < -0.39 is 41.8 Å². The Bertz CT molecular complexity index is 1470. The van der Waals surface area contributed by atoms with Gasteiger partial charge in [-0.05, 0) is 50.5 Å². The Hall–Kier alpha value is -4.41. The number of dihydropyridines is 1. The Morgan fingerprint density at radius 1 is 0.696 bits per heavy atom. The van der Waals surface area contributed by atoms with Crippen LogP contribution in [0, 0.1) is 0 Å². The second kappa shape index (κ2) is 15.7. The number of nitrogens with one attached hydrogen (secondary N) is 1. The molecule has 1 heterocycles. The molecule has 244 valence electrons. The molecule has 2 atom stereocenters. The maximum absolute atomic E-state index is 14.3. The van der Waals surface area contributed by atoms with E-state index in [9.17, 15) is 22.8 Å². The number of ether oxygens (including phenoxy) is 4. The van der Waals surface area contributed by atoms with Gasteiger partial charge in [0.05, 0.1) is 49.1 Å². The summed E-state index contributed by atoms with van der Waals surface area (Å²) in [6.45, 7) is 7.05. The predicted molar refractivity (Wildman–Crippen MR) is 166 cm³/mol. The van der Waals surface area contributed by atoms with E-state index >= 15 is 0 Å². The molecule has 46 heavy (non-hydrogen) atoms. The molecule has 0 spiro atoms. The van der Waals surface area contributed by atoms with E-state index in [-0.39, 0.29) is 41.3 Å². The molecular formula is C36H38F3NO6. The summed E-state index contributed by atoms with van der Waals surface area (Å²) in [5, 5.41) is 2.99. The Balaban J connectivity index is 1.57. The molecule has 0 saturated carbocycles. The summed E-state index contributed by atoms with van der Waals surface area (Å²) in [5.41, 5.74) is 0.892. The third-order valence-electron chi connectivity index (χ3n) is 7.32. The van der Waals surface area contributed by atoms with Gasteiger partial charge in [0.25, 0.3) is 0 Å². The van der Waals surface area contributed by atoms with Crippen molar-refractivity contribution in [1.82, 2.24) is 5.32 Å². The van der Waals surface area contributed by atoms with Crippen LogP contribution in [0.5, 0.6) is 0 Å². The zero-order valence-corrected chi connectivity index (χ0v) is 26.2. The topological polar surface area (TPSA) is 83.1 Å². The molecular weight excluding hydrogens is 599 g/mol. The first kappa shape index (κ1) is 34.5. The minimum Gasteiger partial charge on any atom is -0.457 e. The highest BCUT2D eigenvalue weighted by molar-refractivity contribution is 6.00. The Kier molecular flexibility index (Phi) is 11.8. The van der Waals surface area contributed by atoms with Crippen LogP contribution in [0.3, 0.4) is 0 Å². The first-order valence-corrected chi connectivity index (χ1v) is 15.0. The van der Waals surface area contributed by atoms with Crippen LogP contribution in [0.1, 0.15) is 55.9 Å². The average Bonchev–Trinajstić information content (AvgIpc) is 3.01. The highest BCUT2D eigenvalue weighted by Gasteiger charge is 2.43. The fraction of sp³-hybridized carbons (Fsp3) is 0.333. The molecule has 7 nitrogen and oxygen atoms in total. The van der Waals surface area contributed by atoms with Gasteiger partial charge in [0.15, 0.2) is 0 Å². The van der Waals surface area contributed by atoms with Crippen molar-refractivity contribution in [3.8, 4) is 0 Å². The van der Waals surface area contributed by atoms with Gasteiger partial charge in [-0.2, -0.15) is 13.2 Å².